The van der Waals surface area contributed by atoms with Gasteiger partial charge < -0.3 is 20.3 Å². The largest absolute Gasteiger partial charge is 0.444 e. The zero-order valence-electron chi connectivity index (χ0n) is 21.0. The Hall–Kier alpha value is -2.83. The maximum absolute atomic E-state index is 12.9. The van der Waals surface area contributed by atoms with Gasteiger partial charge in [0.05, 0.1) is 0 Å². The van der Waals surface area contributed by atoms with E-state index in [4.69, 9.17) is 4.74 Å². The van der Waals surface area contributed by atoms with Crippen molar-refractivity contribution in [3.8, 4) is 0 Å². The molecule has 2 N–H and O–H groups in total. The van der Waals surface area contributed by atoms with E-state index in [0.29, 0.717) is 32.5 Å². The number of likely N-dealkylation sites (tertiary alicyclic amines) is 1. The third-order valence-corrected chi connectivity index (χ3v) is 5.85. The first-order valence-corrected chi connectivity index (χ1v) is 12.4. The van der Waals surface area contributed by atoms with Gasteiger partial charge in [0.1, 0.15) is 5.60 Å². The Morgan fingerprint density at radius 3 is 2.56 bits per heavy atom. The molecular formula is C27H41N3O4. The number of rotatable bonds is 13. The third kappa shape index (κ3) is 9.98. The molecule has 3 amide bonds. The van der Waals surface area contributed by atoms with E-state index < -0.39 is 11.7 Å². The highest BCUT2D eigenvalue weighted by molar-refractivity contribution is 5.82. The lowest BCUT2D eigenvalue weighted by molar-refractivity contribution is -0.132. The Balaban J connectivity index is 1.69. The molecule has 0 spiro atoms. The van der Waals surface area contributed by atoms with Crippen molar-refractivity contribution in [3.05, 3.63) is 48.6 Å². The average molecular weight is 472 g/mol. The van der Waals surface area contributed by atoms with Crippen molar-refractivity contribution in [2.75, 3.05) is 19.6 Å². The lowest BCUT2D eigenvalue weighted by Gasteiger charge is -2.25. The van der Waals surface area contributed by atoms with Crippen LogP contribution in [0.25, 0.3) is 0 Å². The number of amides is 3. The van der Waals surface area contributed by atoms with Gasteiger partial charge in [0.2, 0.25) is 11.8 Å². The van der Waals surface area contributed by atoms with Crippen molar-refractivity contribution in [2.45, 2.75) is 77.4 Å². The quantitative estimate of drug-likeness (QED) is 0.333. The molecule has 1 aliphatic heterocycles. The lowest BCUT2D eigenvalue weighted by atomic mass is 10.0. The number of carbonyl (C=O) groups excluding carboxylic acids is 3. The third-order valence-electron chi connectivity index (χ3n) is 5.85. The lowest BCUT2D eigenvalue weighted by Crippen LogP contribution is -2.42. The Labute approximate surface area is 204 Å². The van der Waals surface area contributed by atoms with Crippen LogP contribution in [0.1, 0.15) is 64.9 Å². The first-order chi connectivity index (χ1) is 16.2. The van der Waals surface area contributed by atoms with Crippen LogP contribution >= 0.6 is 0 Å². The van der Waals surface area contributed by atoms with Crippen LogP contribution in [-0.2, 0) is 20.7 Å². The van der Waals surface area contributed by atoms with Crippen LogP contribution in [0.4, 0.5) is 4.79 Å². The van der Waals surface area contributed by atoms with E-state index in [1.54, 1.807) is 6.08 Å². The SMILES string of the molecule is C=CC[C@@H]1C[C@@H](CNC(=O)CCCCCNC(=O)OC(C)(C)C)N(CCc2ccccc2)C1=O. The number of nitrogens with zero attached hydrogens (tertiary/aromatic N) is 1. The van der Waals surface area contributed by atoms with Gasteiger partial charge in [0, 0.05) is 38.0 Å². The minimum Gasteiger partial charge on any atom is -0.444 e. The van der Waals surface area contributed by atoms with Crippen LogP contribution in [0.2, 0.25) is 0 Å². The number of carbonyl (C=O) groups is 3. The molecule has 7 nitrogen and oxygen atoms in total. The van der Waals surface area contributed by atoms with Gasteiger partial charge in [-0.15, -0.1) is 6.58 Å². The summed E-state index contributed by atoms with van der Waals surface area (Å²) in [5.41, 5.74) is 0.695. The Kier molecular flexibility index (Phi) is 11.1. The summed E-state index contributed by atoms with van der Waals surface area (Å²) in [5, 5.41) is 5.75. The molecule has 1 aliphatic rings. The molecule has 0 unspecified atom stereocenters. The maximum Gasteiger partial charge on any atom is 0.407 e. The Bertz CT molecular complexity index is 804. The van der Waals surface area contributed by atoms with Gasteiger partial charge >= 0.3 is 6.09 Å². The molecule has 1 heterocycles. The molecule has 0 radical (unpaired) electrons. The molecule has 1 fully saturated rings. The van der Waals surface area contributed by atoms with Gasteiger partial charge in [0.25, 0.3) is 0 Å². The molecule has 1 aromatic rings. The first-order valence-electron chi connectivity index (χ1n) is 12.4. The van der Waals surface area contributed by atoms with Crippen LogP contribution < -0.4 is 10.6 Å². The Morgan fingerprint density at radius 2 is 1.88 bits per heavy atom. The van der Waals surface area contributed by atoms with E-state index in [0.717, 1.165) is 32.1 Å². The number of hydrogen-bond acceptors (Lipinski definition) is 4. The Morgan fingerprint density at radius 1 is 1.15 bits per heavy atom. The molecule has 0 aliphatic carbocycles. The zero-order valence-corrected chi connectivity index (χ0v) is 21.0. The number of benzene rings is 1. The summed E-state index contributed by atoms with van der Waals surface area (Å²) in [4.78, 5) is 38.8. The van der Waals surface area contributed by atoms with E-state index in [1.165, 1.54) is 5.56 Å². The minimum absolute atomic E-state index is 0.00253. The second-order valence-corrected chi connectivity index (χ2v) is 9.92. The average Bonchev–Trinajstić information content (AvgIpc) is 3.07. The second kappa shape index (κ2) is 13.8. The molecule has 1 aromatic carbocycles. The summed E-state index contributed by atoms with van der Waals surface area (Å²) in [7, 11) is 0. The summed E-state index contributed by atoms with van der Waals surface area (Å²) in [6, 6.07) is 10.2. The molecule has 7 heteroatoms. The standard InChI is InChI=1S/C27H41N3O4/c1-5-12-22-19-23(30(25(22)32)18-16-21-13-8-6-9-14-21)20-29-24(31)15-10-7-11-17-28-26(33)34-27(2,3)4/h5-6,8-9,13-14,22-23H,1,7,10-12,15-20H2,2-4H3,(H,28,33)(H,29,31)/t22-,23+/m1/s1. The summed E-state index contributed by atoms with van der Waals surface area (Å²) in [6.07, 6.45) is 6.43. The number of nitrogens with one attached hydrogen (secondary N) is 2. The summed E-state index contributed by atoms with van der Waals surface area (Å²) < 4.78 is 5.20. The predicted octanol–water partition coefficient (Wildman–Crippen LogP) is 4.22. The van der Waals surface area contributed by atoms with E-state index in [1.807, 2.05) is 43.9 Å². The fourth-order valence-electron chi connectivity index (χ4n) is 4.16. The van der Waals surface area contributed by atoms with Crippen molar-refractivity contribution in [1.29, 1.82) is 0 Å². The highest BCUT2D eigenvalue weighted by Gasteiger charge is 2.38. The van der Waals surface area contributed by atoms with Crippen LogP contribution in [0.15, 0.2) is 43.0 Å². The van der Waals surface area contributed by atoms with Gasteiger partial charge in [-0.2, -0.15) is 0 Å². The van der Waals surface area contributed by atoms with Gasteiger partial charge in [-0.25, -0.2) is 4.79 Å². The van der Waals surface area contributed by atoms with Gasteiger partial charge in [-0.05, 0) is 58.4 Å². The molecule has 1 saturated heterocycles. The number of alkyl carbamates (subject to hydrolysis) is 1. The van der Waals surface area contributed by atoms with Crippen molar-refractivity contribution in [2.24, 2.45) is 5.92 Å². The van der Waals surface area contributed by atoms with Crippen molar-refractivity contribution in [1.82, 2.24) is 15.5 Å². The van der Waals surface area contributed by atoms with Crippen LogP contribution in [-0.4, -0.2) is 54.1 Å². The van der Waals surface area contributed by atoms with Crippen molar-refractivity contribution >= 4 is 17.9 Å². The topological polar surface area (TPSA) is 87.7 Å². The molecule has 0 saturated carbocycles. The van der Waals surface area contributed by atoms with Gasteiger partial charge in [-0.3, -0.25) is 9.59 Å². The summed E-state index contributed by atoms with van der Waals surface area (Å²) in [5.74, 6) is 0.114. The molecule has 0 aromatic heterocycles. The molecule has 34 heavy (non-hydrogen) atoms. The predicted molar refractivity (Wildman–Crippen MR) is 134 cm³/mol. The molecule has 0 bridgehead atoms. The number of hydrogen-bond donors (Lipinski definition) is 2. The van der Waals surface area contributed by atoms with Crippen LogP contribution in [0.3, 0.4) is 0 Å². The summed E-state index contributed by atoms with van der Waals surface area (Å²) >= 11 is 0. The maximum atomic E-state index is 12.9. The first kappa shape index (κ1) is 27.4. The molecular weight excluding hydrogens is 430 g/mol. The number of unbranched alkanes of at least 4 members (excludes halogenated alkanes) is 2. The molecule has 2 rings (SSSR count). The second-order valence-electron chi connectivity index (χ2n) is 9.92. The van der Waals surface area contributed by atoms with Crippen molar-refractivity contribution < 1.29 is 19.1 Å². The fraction of sp³-hybridized carbons (Fsp3) is 0.593. The highest BCUT2D eigenvalue weighted by Crippen LogP contribution is 2.27. The highest BCUT2D eigenvalue weighted by atomic mass is 16.6. The number of allylic oxidation sites excluding steroid dienone is 1. The molecule has 188 valence electrons. The van der Waals surface area contributed by atoms with Gasteiger partial charge in [0.15, 0.2) is 0 Å². The van der Waals surface area contributed by atoms with Crippen molar-refractivity contribution in [3.63, 3.8) is 0 Å². The summed E-state index contributed by atoms with van der Waals surface area (Å²) in [6.45, 7) is 10.9. The van der Waals surface area contributed by atoms with Gasteiger partial charge in [-0.1, -0.05) is 42.8 Å². The van der Waals surface area contributed by atoms with E-state index in [9.17, 15) is 14.4 Å². The van der Waals surface area contributed by atoms with E-state index in [2.05, 4.69) is 29.3 Å². The number of ether oxygens (including phenoxy) is 1. The molecule has 2 atom stereocenters. The van der Waals surface area contributed by atoms with Crippen LogP contribution in [0.5, 0.6) is 0 Å². The normalized spacial score (nSPS) is 18.0. The smallest absolute Gasteiger partial charge is 0.407 e. The minimum atomic E-state index is -0.505. The van der Waals surface area contributed by atoms with Crippen LogP contribution in [0, 0.1) is 5.92 Å². The van der Waals surface area contributed by atoms with E-state index in [-0.39, 0.29) is 23.8 Å². The fourth-order valence-corrected chi connectivity index (χ4v) is 4.16. The zero-order chi connectivity index (χ0) is 25.0. The monoisotopic (exact) mass is 471 g/mol. The van der Waals surface area contributed by atoms with E-state index >= 15 is 0 Å².